The molecule has 0 bridgehead atoms. The molecule has 0 amide bonds. The van der Waals surface area contributed by atoms with Crippen molar-refractivity contribution < 1.29 is 9.84 Å². The summed E-state index contributed by atoms with van der Waals surface area (Å²) in [4.78, 5) is 0. The van der Waals surface area contributed by atoms with Crippen LogP contribution in [0.1, 0.15) is 11.1 Å². The third kappa shape index (κ3) is 2.12. The molecule has 0 heterocycles. The number of phenols is 1. The van der Waals surface area contributed by atoms with Gasteiger partial charge in [0.1, 0.15) is 0 Å². The highest BCUT2D eigenvalue weighted by molar-refractivity contribution is 5.46. The van der Waals surface area contributed by atoms with Crippen molar-refractivity contribution in [2.24, 2.45) is 5.73 Å². The van der Waals surface area contributed by atoms with Gasteiger partial charge in [-0.25, -0.2) is 0 Å². The van der Waals surface area contributed by atoms with Crippen LogP contribution in [0.2, 0.25) is 0 Å². The minimum Gasteiger partial charge on any atom is -0.504 e. The molecule has 72 valence electrons. The summed E-state index contributed by atoms with van der Waals surface area (Å²) in [7, 11) is 1.54. The first-order valence-electron chi connectivity index (χ1n) is 4.25. The third-order valence-corrected chi connectivity index (χ3v) is 2.05. The van der Waals surface area contributed by atoms with Gasteiger partial charge in [-0.1, -0.05) is 0 Å². The Hall–Kier alpha value is -1.22. The second kappa shape index (κ2) is 4.14. The number of rotatable bonds is 3. The number of aryl methyl sites for hydroxylation is 1. The Labute approximate surface area is 78.1 Å². The molecule has 3 nitrogen and oxygen atoms in total. The lowest BCUT2D eigenvalue weighted by Gasteiger charge is -2.09. The topological polar surface area (TPSA) is 55.5 Å². The van der Waals surface area contributed by atoms with Gasteiger partial charge in [-0.3, -0.25) is 0 Å². The fourth-order valence-electron chi connectivity index (χ4n) is 1.30. The average molecular weight is 181 g/mol. The molecular formula is C10H15NO2. The number of hydrogen-bond donors (Lipinski definition) is 2. The molecule has 0 spiro atoms. The predicted molar refractivity (Wildman–Crippen MR) is 52.2 cm³/mol. The van der Waals surface area contributed by atoms with Crippen LogP contribution in [0.4, 0.5) is 0 Å². The van der Waals surface area contributed by atoms with Crippen molar-refractivity contribution in [1.82, 2.24) is 0 Å². The van der Waals surface area contributed by atoms with E-state index in [1.165, 1.54) is 7.11 Å². The van der Waals surface area contributed by atoms with Crippen LogP contribution in [0, 0.1) is 6.92 Å². The molecule has 0 aliphatic rings. The first kappa shape index (κ1) is 9.86. The number of ether oxygens (including phenoxy) is 1. The molecule has 1 rings (SSSR count). The number of hydrogen-bond acceptors (Lipinski definition) is 3. The maximum absolute atomic E-state index is 9.43. The van der Waals surface area contributed by atoms with Gasteiger partial charge >= 0.3 is 0 Å². The summed E-state index contributed by atoms with van der Waals surface area (Å²) < 4.78 is 5.00. The third-order valence-electron chi connectivity index (χ3n) is 2.05. The number of aromatic hydroxyl groups is 1. The van der Waals surface area contributed by atoms with E-state index in [-0.39, 0.29) is 5.75 Å². The van der Waals surface area contributed by atoms with Crippen molar-refractivity contribution in [3.05, 3.63) is 23.3 Å². The zero-order valence-electron chi connectivity index (χ0n) is 8.00. The molecule has 3 N–H and O–H groups in total. The van der Waals surface area contributed by atoms with Crippen LogP contribution in [0.5, 0.6) is 11.5 Å². The Bertz CT molecular complexity index is 297. The molecule has 0 fully saturated rings. The molecular weight excluding hydrogens is 166 g/mol. The second-order valence-electron chi connectivity index (χ2n) is 2.99. The number of methoxy groups -OCH3 is 1. The summed E-state index contributed by atoms with van der Waals surface area (Å²) >= 11 is 0. The van der Waals surface area contributed by atoms with Crippen molar-refractivity contribution in [1.29, 1.82) is 0 Å². The highest BCUT2D eigenvalue weighted by Gasteiger charge is 2.05. The van der Waals surface area contributed by atoms with Crippen LogP contribution in [-0.4, -0.2) is 18.8 Å². The Morgan fingerprint density at radius 3 is 2.69 bits per heavy atom. The number of nitrogens with two attached hydrogens (primary N) is 1. The maximum atomic E-state index is 9.43. The van der Waals surface area contributed by atoms with Gasteiger partial charge in [0, 0.05) is 0 Å². The van der Waals surface area contributed by atoms with Crippen LogP contribution in [0.3, 0.4) is 0 Å². The lowest BCUT2D eigenvalue weighted by Crippen LogP contribution is -2.04. The van der Waals surface area contributed by atoms with E-state index in [1.54, 1.807) is 6.07 Å². The first-order valence-corrected chi connectivity index (χ1v) is 4.25. The van der Waals surface area contributed by atoms with E-state index in [9.17, 15) is 5.11 Å². The van der Waals surface area contributed by atoms with Crippen molar-refractivity contribution in [2.75, 3.05) is 13.7 Å². The molecule has 3 heteroatoms. The lowest BCUT2D eigenvalue weighted by molar-refractivity contribution is 0.372. The molecule has 0 aromatic heterocycles. The zero-order valence-corrected chi connectivity index (χ0v) is 8.00. The van der Waals surface area contributed by atoms with Gasteiger partial charge in [-0.2, -0.15) is 0 Å². The Kier molecular flexibility index (Phi) is 3.14. The van der Waals surface area contributed by atoms with Crippen molar-refractivity contribution in [2.45, 2.75) is 13.3 Å². The van der Waals surface area contributed by atoms with Crippen LogP contribution in [0.25, 0.3) is 0 Å². The Balaban J connectivity index is 3.06. The van der Waals surface area contributed by atoms with Gasteiger partial charge < -0.3 is 15.6 Å². The molecule has 1 aromatic carbocycles. The van der Waals surface area contributed by atoms with E-state index in [2.05, 4.69) is 0 Å². The molecule has 0 saturated heterocycles. The monoisotopic (exact) mass is 181 g/mol. The van der Waals surface area contributed by atoms with E-state index < -0.39 is 0 Å². The second-order valence-corrected chi connectivity index (χ2v) is 2.99. The molecule has 0 unspecified atom stereocenters. The van der Waals surface area contributed by atoms with Crippen LogP contribution >= 0.6 is 0 Å². The normalized spacial score (nSPS) is 10.1. The molecule has 0 aliphatic heterocycles. The van der Waals surface area contributed by atoms with Crippen molar-refractivity contribution in [3.8, 4) is 11.5 Å². The molecule has 0 radical (unpaired) electrons. The molecule has 0 aliphatic carbocycles. The molecule has 0 saturated carbocycles. The van der Waals surface area contributed by atoms with Gasteiger partial charge in [-0.05, 0) is 43.1 Å². The smallest absolute Gasteiger partial charge is 0.160 e. The van der Waals surface area contributed by atoms with E-state index in [1.807, 2.05) is 13.0 Å². The van der Waals surface area contributed by atoms with Crippen molar-refractivity contribution >= 4 is 0 Å². The lowest BCUT2D eigenvalue weighted by atomic mass is 10.0. The molecule has 1 aromatic rings. The minimum absolute atomic E-state index is 0.181. The van der Waals surface area contributed by atoms with E-state index in [0.717, 1.165) is 17.5 Å². The van der Waals surface area contributed by atoms with Crippen LogP contribution < -0.4 is 10.5 Å². The zero-order chi connectivity index (χ0) is 9.84. The summed E-state index contributed by atoms with van der Waals surface area (Å²) in [5, 5.41) is 9.43. The maximum Gasteiger partial charge on any atom is 0.160 e. The summed E-state index contributed by atoms with van der Waals surface area (Å²) in [6.45, 7) is 2.55. The van der Waals surface area contributed by atoms with Gasteiger partial charge in [0.2, 0.25) is 0 Å². The van der Waals surface area contributed by atoms with Crippen LogP contribution in [0.15, 0.2) is 12.1 Å². The Morgan fingerprint density at radius 1 is 1.46 bits per heavy atom. The van der Waals surface area contributed by atoms with Gasteiger partial charge in [0.25, 0.3) is 0 Å². The van der Waals surface area contributed by atoms with Gasteiger partial charge in [0.15, 0.2) is 11.5 Å². The quantitative estimate of drug-likeness (QED) is 0.737. The fourth-order valence-corrected chi connectivity index (χ4v) is 1.30. The summed E-state index contributed by atoms with van der Waals surface area (Å²) in [5.41, 5.74) is 7.62. The first-order chi connectivity index (χ1) is 6.19. The van der Waals surface area contributed by atoms with E-state index in [0.29, 0.717) is 12.3 Å². The fraction of sp³-hybridized carbons (Fsp3) is 0.400. The summed E-state index contributed by atoms with van der Waals surface area (Å²) in [5.74, 6) is 0.690. The minimum atomic E-state index is 0.181. The summed E-state index contributed by atoms with van der Waals surface area (Å²) in [6.07, 6.45) is 0.808. The number of benzene rings is 1. The van der Waals surface area contributed by atoms with E-state index >= 15 is 0 Å². The summed E-state index contributed by atoms with van der Waals surface area (Å²) in [6, 6.07) is 3.53. The molecule has 0 atom stereocenters. The van der Waals surface area contributed by atoms with Gasteiger partial charge in [-0.15, -0.1) is 0 Å². The highest BCUT2D eigenvalue weighted by Crippen LogP contribution is 2.29. The molecule has 13 heavy (non-hydrogen) atoms. The standard InChI is InChI=1S/C10H15NO2/c1-7-5-9(12)10(13-2)6-8(7)3-4-11/h5-6,12H,3-4,11H2,1-2H3. The van der Waals surface area contributed by atoms with E-state index in [4.69, 9.17) is 10.5 Å². The average Bonchev–Trinajstić information content (AvgIpc) is 2.10. The Morgan fingerprint density at radius 2 is 2.15 bits per heavy atom. The van der Waals surface area contributed by atoms with Crippen LogP contribution in [-0.2, 0) is 6.42 Å². The SMILES string of the molecule is COc1cc(CCN)c(C)cc1O. The van der Waals surface area contributed by atoms with Crippen molar-refractivity contribution in [3.63, 3.8) is 0 Å². The van der Waals surface area contributed by atoms with Gasteiger partial charge in [0.05, 0.1) is 7.11 Å². The number of phenolic OH excluding ortho intramolecular Hbond substituents is 1. The highest BCUT2D eigenvalue weighted by atomic mass is 16.5. The predicted octanol–water partition coefficient (Wildman–Crippen LogP) is 1.21. The largest absolute Gasteiger partial charge is 0.504 e.